The Morgan fingerprint density at radius 2 is 1.74 bits per heavy atom. The lowest BCUT2D eigenvalue weighted by atomic mass is 10.3. The highest BCUT2D eigenvalue weighted by atomic mass is 80.0. The van der Waals surface area contributed by atoms with Crippen molar-refractivity contribution in [2.24, 2.45) is 0 Å². The van der Waals surface area contributed by atoms with Crippen molar-refractivity contribution in [1.29, 1.82) is 0 Å². The normalized spacial score (nSPS) is 13.7. The van der Waals surface area contributed by atoms with Crippen LogP contribution >= 0.6 is 47.8 Å². The summed E-state index contributed by atoms with van der Waals surface area (Å²) in [5.41, 5.74) is -1.81. The first-order valence-corrected chi connectivity index (χ1v) is 8.72. The molecule has 0 aliphatic carbocycles. The van der Waals surface area contributed by atoms with Gasteiger partial charge in [-0.05, 0) is 59.9 Å². The minimum absolute atomic E-state index is 0.234. The molecule has 106 valence electrons. The smallest absolute Gasteiger partial charge is 0.363 e. The summed E-state index contributed by atoms with van der Waals surface area (Å²) in [6.07, 6.45) is 0. The first kappa shape index (κ1) is 16.9. The molecule has 0 aliphatic heterocycles. The highest BCUT2D eigenvalue weighted by molar-refractivity contribution is 9.42. The van der Waals surface area contributed by atoms with Crippen LogP contribution in [0.3, 0.4) is 0 Å². The maximum absolute atomic E-state index is 12.2. The molecule has 19 heavy (non-hydrogen) atoms. The van der Waals surface area contributed by atoms with Crippen LogP contribution < -0.4 is 4.74 Å². The lowest BCUT2D eigenvalue weighted by Crippen LogP contribution is -2.42. The summed E-state index contributed by atoms with van der Waals surface area (Å²) in [6.45, 7) is 0. The van der Waals surface area contributed by atoms with Crippen LogP contribution in [-0.4, -0.2) is 28.4 Å². The quantitative estimate of drug-likeness (QED) is 0.489. The van der Waals surface area contributed by atoms with E-state index in [0.717, 1.165) is 7.11 Å². The molecule has 0 spiro atoms. The van der Waals surface area contributed by atoms with Crippen LogP contribution in [-0.2, 0) is 19.4 Å². The molecule has 0 amide bonds. The maximum Gasteiger partial charge on any atom is 0.363 e. The van der Waals surface area contributed by atoms with Crippen LogP contribution in [0.15, 0.2) is 30.3 Å². The predicted molar refractivity (Wildman–Crippen MR) is 81.3 cm³/mol. The van der Waals surface area contributed by atoms with E-state index in [0.29, 0.717) is 0 Å². The van der Waals surface area contributed by atoms with E-state index in [2.05, 4.69) is 52.5 Å². The lowest BCUT2D eigenvalue weighted by Gasteiger charge is -2.21. The second-order valence-electron chi connectivity index (χ2n) is 3.28. The fourth-order valence-corrected chi connectivity index (χ4v) is 3.44. The Balaban J connectivity index is 3.14. The van der Waals surface area contributed by atoms with E-state index >= 15 is 0 Å². The van der Waals surface area contributed by atoms with E-state index in [1.54, 1.807) is 18.2 Å². The van der Waals surface area contributed by atoms with Crippen molar-refractivity contribution in [3.63, 3.8) is 0 Å². The van der Waals surface area contributed by atoms with Crippen molar-refractivity contribution < 1.29 is 22.7 Å². The van der Waals surface area contributed by atoms with Crippen molar-refractivity contribution in [3.05, 3.63) is 30.3 Å². The van der Waals surface area contributed by atoms with Crippen LogP contribution in [0, 0.1) is 0 Å². The highest BCUT2D eigenvalue weighted by Gasteiger charge is 2.48. The molecule has 1 atom stereocenters. The van der Waals surface area contributed by atoms with Crippen LogP contribution in [0.4, 0.5) is 0 Å². The number of methoxy groups -OCH3 is 1. The zero-order valence-electron chi connectivity index (χ0n) is 9.55. The number of alkyl halides is 3. The van der Waals surface area contributed by atoms with Crippen LogP contribution in [0.1, 0.15) is 0 Å². The summed E-state index contributed by atoms with van der Waals surface area (Å²) in [5.74, 6) is -0.787. The number of esters is 1. The maximum atomic E-state index is 12.2. The van der Waals surface area contributed by atoms with Gasteiger partial charge in [0.25, 0.3) is 5.44 Å². The zero-order chi connectivity index (χ0) is 14.7. The highest BCUT2D eigenvalue weighted by Crippen LogP contribution is 2.42. The number of hydrogen-bond acceptors (Lipinski definition) is 5. The minimum Gasteiger partial charge on any atom is -0.465 e. The van der Waals surface area contributed by atoms with Crippen molar-refractivity contribution in [2.75, 3.05) is 7.11 Å². The molecule has 1 aromatic rings. The monoisotopic (exact) mass is 478 g/mol. The van der Waals surface area contributed by atoms with Crippen LogP contribution in [0.2, 0.25) is 0 Å². The van der Waals surface area contributed by atoms with E-state index in [1.807, 2.05) is 0 Å². The van der Waals surface area contributed by atoms with Gasteiger partial charge in [0.1, 0.15) is 5.75 Å². The molecule has 0 heterocycles. The van der Waals surface area contributed by atoms with Gasteiger partial charge in [0, 0.05) is 0 Å². The van der Waals surface area contributed by atoms with Gasteiger partial charge >= 0.3 is 5.97 Å². The number of carbonyl (C=O) groups is 1. The number of carbonyl (C=O) groups excluding carboxylic acids is 1. The third-order valence-corrected chi connectivity index (χ3v) is 7.54. The van der Waals surface area contributed by atoms with Gasteiger partial charge in [0.15, 0.2) is 0 Å². The molecule has 0 bridgehead atoms. The molecule has 0 saturated heterocycles. The SMILES string of the molecule is COC(=O)C(Oc1ccccc1)S(=O)(=O)C(Br)(Br)Br. The summed E-state index contributed by atoms with van der Waals surface area (Å²) >= 11 is 8.61. The fraction of sp³-hybridized carbons (Fsp3) is 0.300. The zero-order valence-corrected chi connectivity index (χ0v) is 15.1. The van der Waals surface area contributed by atoms with Crippen LogP contribution in [0.25, 0.3) is 0 Å². The van der Waals surface area contributed by atoms with Gasteiger partial charge in [0.2, 0.25) is 11.3 Å². The molecule has 1 rings (SSSR count). The molecule has 1 aromatic carbocycles. The average Bonchev–Trinajstić information content (AvgIpc) is 2.34. The van der Waals surface area contributed by atoms with Gasteiger partial charge in [-0.1, -0.05) is 18.2 Å². The van der Waals surface area contributed by atoms with Gasteiger partial charge in [-0.2, -0.15) is 0 Å². The van der Waals surface area contributed by atoms with E-state index in [-0.39, 0.29) is 5.75 Å². The predicted octanol–water partition coefficient (Wildman–Crippen LogP) is 2.78. The van der Waals surface area contributed by atoms with E-state index < -0.39 is 22.7 Å². The van der Waals surface area contributed by atoms with E-state index in [9.17, 15) is 13.2 Å². The van der Waals surface area contributed by atoms with Gasteiger partial charge in [-0.3, -0.25) is 0 Å². The largest absolute Gasteiger partial charge is 0.465 e. The summed E-state index contributed by atoms with van der Waals surface area (Å²) in [5, 5.41) is 0. The Labute approximate surface area is 136 Å². The lowest BCUT2D eigenvalue weighted by molar-refractivity contribution is -0.144. The number of hydrogen-bond donors (Lipinski definition) is 0. The number of para-hydroxylation sites is 1. The van der Waals surface area contributed by atoms with Gasteiger partial charge in [-0.25, -0.2) is 13.2 Å². The van der Waals surface area contributed by atoms with Gasteiger partial charge in [0.05, 0.1) is 7.11 Å². The third-order valence-electron chi connectivity index (χ3n) is 1.98. The Morgan fingerprint density at radius 1 is 1.21 bits per heavy atom. The minimum atomic E-state index is -4.09. The summed E-state index contributed by atoms with van der Waals surface area (Å²) in [4.78, 5) is 11.6. The van der Waals surface area contributed by atoms with Crippen molar-refractivity contribution in [2.45, 2.75) is 6.91 Å². The summed E-state index contributed by atoms with van der Waals surface area (Å²) < 4.78 is 32.4. The molecule has 0 aliphatic rings. The Morgan fingerprint density at radius 3 is 2.16 bits per heavy atom. The standard InChI is InChI=1S/C10H9Br3O5S/c1-17-8(14)9(19(15,16)10(11,12)13)18-7-5-3-2-4-6-7/h2-6,9H,1H3. The van der Waals surface area contributed by atoms with Crippen molar-refractivity contribution in [1.82, 2.24) is 0 Å². The second-order valence-corrected chi connectivity index (χ2v) is 13.7. The Hall–Kier alpha value is -0.120. The average molecular weight is 481 g/mol. The Kier molecular flexibility index (Phi) is 5.84. The van der Waals surface area contributed by atoms with Crippen LogP contribution in [0.5, 0.6) is 5.75 Å². The van der Waals surface area contributed by atoms with Crippen molar-refractivity contribution >= 4 is 63.6 Å². The second kappa shape index (κ2) is 6.55. The number of sulfone groups is 1. The number of halogens is 3. The molecule has 1 unspecified atom stereocenters. The van der Waals surface area contributed by atoms with Gasteiger partial charge in [-0.15, -0.1) is 0 Å². The topological polar surface area (TPSA) is 69.7 Å². The molecule has 0 saturated carbocycles. The molecule has 0 fully saturated rings. The molecular formula is C10H9Br3O5S. The summed E-state index contributed by atoms with van der Waals surface area (Å²) in [7, 11) is -3.01. The number of benzene rings is 1. The first-order chi connectivity index (χ1) is 8.70. The molecule has 0 radical (unpaired) electrons. The number of rotatable bonds is 4. The van der Waals surface area contributed by atoms with E-state index in [4.69, 9.17) is 4.74 Å². The molecule has 5 nitrogen and oxygen atoms in total. The van der Waals surface area contributed by atoms with Crippen molar-refractivity contribution in [3.8, 4) is 5.75 Å². The molecule has 0 aromatic heterocycles. The van der Waals surface area contributed by atoms with E-state index in [1.165, 1.54) is 12.1 Å². The fourth-order valence-electron chi connectivity index (χ4n) is 1.08. The molecule has 9 heteroatoms. The molecule has 0 N–H and O–H groups in total. The number of ether oxygens (including phenoxy) is 2. The Bertz CT molecular complexity index is 538. The van der Waals surface area contributed by atoms with Gasteiger partial charge < -0.3 is 9.47 Å². The summed E-state index contributed by atoms with van der Waals surface area (Å²) in [6, 6.07) is 8.10. The first-order valence-electron chi connectivity index (χ1n) is 4.80. The third kappa shape index (κ3) is 4.17. The molecular weight excluding hydrogens is 472 g/mol.